The highest BCUT2D eigenvalue weighted by Crippen LogP contribution is 2.00. The van der Waals surface area contributed by atoms with Gasteiger partial charge in [-0.25, -0.2) is 10.9 Å². The maximum Gasteiger partial charge on any atom is 0.240 e. The van der Waals surface area contributed by atoms with Crippen molar-refractivity contribution in [2.75, 3.05) is 0 Å². The molecule has 0 aromatic carbocycles. The van der Waals surface area contributed by atoms with Crippen LogP contribution in [0.25, 0.3) is 0 Å². The van der Waals surface area contributed by atoms with E-state index in [9.17, 15) is 9.59 Å². The van der Waals surface area contributed by atoms with E-state index in [1.54, 1.807) is 0 Å². The van der Waals surface area contributed by atoms with Crippen molar-refractivity contribution in [1.29, 1.82) is 0 Å². The third-order valence-electron chi connectivity index (χ3n) is 3.02. The minimum absolute atomic E-state index is 0.104. The summed E-state index contributed by atoms with van der Waals surface area (Å²) in [5.74, 6) is -0.208. The Morgan fingerprint density at radius 1 is 0.727 bits per heavy atom. The molecule has 0 fully saturated rings. The Balaban J connectivity index is 3.75. The van der Waals surface area contributed by atoms with Crippen molar-refractivity contribution in [3.8, 4) is 0 Å². The third-order valence-corrected chi connectivity index (χ3v) is 3.02. The van der Waals surface area contributed by atoms with Gasteiger partial charge in [0, 0.05) is 24.3 Å². The number of hydrazone groups is 2. The van der Waals surface area contributed by atoms with E-state index in [1.807, 2.05) is 13.8 Å². The highest BCUT2D eigenvalue weighted by molar-refractivity contribution is 5.85. The molecule has 0 rings (SSSR count). The predicted octanol–water partition coefficient (Wildman–Crippen LogP) is 3.13. The molecule has 0 saturated carbocycles. The van der Waals surface area contributed by atoms with E-state index in [2.05, 4.69) is 34.9 Å². The number of nitrogens with one attached hydrogen (secondary N) is 2. The topological polar surface area (TPSA) is 82.9 Å². The van der Waals surface area contributed by atoms with Crippen LogP contribution >= 0.6 is 0 Å². The predicted molar refractivity (Wildman–Crippen MR) is 90.8 cm³/mol. The molecule has 0 atom stereocenters. The SMILES string of the molecule is CCCC(C)=NNC(=O)CCCCC(=O)NN=C(C)CCC. The molecule has 6 nitrogen and oxygen atoms in total. The standard InChI is InChI=1S/C16H30N4O2/c1-5-9-13(3)17-19-15(21)11-7-8-12-16(22)20-18-14(4)10-6-2/h5-12H2,1-4H3,(H,19,21)(H,20,22). The molecule has 0 aromatic rings. The lowest BCUT2D eigenvalue weighted by Gasteiger charge is -2.03. The summed E-state index contributed by atoms with van der Waals surface area (Å²) in [7, 11) is 0. The molecule has 0 aliphatic heterocycles. The molecule has 0 heterocycles. The molecule has 2 amide bonds. The third kappa shape index (κ3) is 12.1. The number of nitrogens with zero attached hydrogens (tertiary/aromatic N) is 2. The van der Waals surface area contributed by atoms with Crippen molar-refractivity contribution >= 4 is 23.2 Å². The summed E-state index contributed by atoms with van der Waals surface area (Å²) in [5.41, 5.74) is 6.93. The Hall–Kier alpha value is -1.72. The Morgan fingerprint density at radius 3 is 1.41 bits per heavy atom. The van der Waals surface area contributed by atoms with Gasteiger partial charge in [0.05, 0.1) is 0 Å². The number of carbonyl (C=O) groups excluding carboxylic acids is 2. The van der Waals surface area contributed by atoms with E-state index in [0.29, 0.717) is 25.7 Å². The van der Waals surface area contributed by atoms with Crippen LogP contribution in [0.5, 0.6) is 0 Å². The molecular weight excluding hydrogens is 280 g/mol. The number of hydrogen-bond donors (Lipinski definition) is 2. The number of unbranched alkanes of at least 4 members (excludes halogenated alkanes) is 1. The molecule has 0 unspecified atom stereocenters. The summed E-state index contributed by atoms with van der Waals surface area (Å²) in [6.45, 7) is 7.93. The fraction of sp³-hybridized carbons (Fsp3) is 0.750. The lowest BCUT2D eigenvalue weighted by Crippen LogP contribution is -2.20. The van der Waals surface area contributed by atoms with Gasteiger partial charge in [-0.15, -0.1) is 0 Å². The molecule has 6 heteroatoms. The summed E-state index contributed by atoms with van der Waals surface area (Å²) in [5, 5.41) is 8.03. The lowest BCUT2D eigenvalue weighted by atomic mass is 10.2. The zero-order chi connectivity index (χ0) is 16.8. The quantitative estimate of drug-likeness (QED) is 0.349. The minimum atomic E-state index is -0.104. The van der Waals surface area contributed by atoms with Crippen molar-refractivity contribution in [2.24, 2.45) is 10.2 Å². The zero-order valence-corrected chi connectivity index (χ0v) is 14.4. The molecule has 0 aliphatic carbocycles. The van der Waals surface area contributed by atoms with Gasteiger partial charge in [0.25, 0.3) is 0 Å². The van der Waals surface area contributed by atoms with Crippen LogP contribution in [0.1, 0.15) is 79.1 Å². The second-order valence-corrected chi connectivity index (χ2v) is 5.47. The van der Waals surface area contributed by atoms with Gasteiger partial charge < -0.3 is 0 Å². The van der Waals surface area contributed by atoms with E-state index in [1.165, 1.54) is 0 Å². The van der Waals surface area contributed by atoms with Crippen LogP contribution < -0.4 is 10.9 Å². The number of rotatable bonds is 11. The van der Waals surface area contributed by atoms with Crippen molar-refractivity contribution in [1.82, 2.24) is 10.9 Å². The first kappa shape index (κ1) is 20.3. The van der Waals surface area contributed by atoms with Gasteiger partial charge in [0.15, 0.2) is 0 Å². The van der Waals surface area contributed by atoms with Crippen molar-refractivity contribution in [2.45, 2.75) is 79.1 Å². The molecule has 0 aromatic heterocycles. The molecule has 0 saturated heterocycles. The van der Waals surface area contributed by atoms with Crippen LogP contribution in [-0.2, 0) is 9.59 Å². The van der Waals surface area contributed by atoms with Crippen LogP contribution in [0.3, 0.4) is 0 Å². The second kappa shape index (κ2) is 13.0. The molecule has 2 N–H and O–H groups in total. The van der Waals surface area contributed by atoms with Gasteiger partial charge in [-0.05, 0) is 39.5 Å². The summed E-state index contributed by atoms with van der Waals surface area (Å²) in [4.78, 5) is 23.1. The molecule has 0 aliphatic rings. The van der Waals surface area contributed by atoms with Crippen LogP contribution in [0, 0.1) is 0 Å². The summed E-state index contributed by atoms with van der Waals surface area (Å²) < 4.78 is 0. The Bertz CT molecular complexity index is 365. The number of carbonyl (C=O) groups is 2. The maximum absolute atomic E-state index is 11.5. The van der Waals surface area contributed by atoms with Gasteiger partial charge in [0.1, 0.15) is 0 Å². The van der Waals surface area contributed by atoms with Gasteiger partial charge in [-0.1, -0.05) is 26.7 Å². The fourth-order valence-corrected chi connectivity index (χ4v) is 1.83. The zero-order valence-electron chi connectivity index (χ0n) is 14.4. The first-order chi connectivity index (χ1) is 10.5. The van der Waals surface area contributed by atoms with E-state index >= 15 is 0 Å². The Labute approximate surface area is 133 Å². The van der Waals surface area contributed by atoms with Crippen molar-refractivity contribution < 1.29 is 9.59 Å². The first-order valence-electron chi connectivity index (χ1n) is 8.13. The van der Waals surface area contributed by atoms with Crippen LogP contribution in [0.15, 0.2) is 10.2 Å². The van der Waals surface area contributed by atoms with Gasteiger partial charge in [0.2, 0.25) is 11.8 Å². The van der Waals surface area contributed by atoms with E-state index in [-0.39, 0.29) is 11.8 Å². The Morgan fingerprint density at radius 2 is 1.09 bits per heavy atom. The van der Waals surface area contributed by atoms with Gasteiger partial charge in [-0.2, -0.15) is 10.2 Å². The number of hydrogen-bond acceptors (Lipinski definition) is 4. The molecular formula is C16H30N4O2. The minimum Gasteiger partial charge on any atom is -0.273 e. The second-order valence-electron chi connectivity index (χ2n) is 5.47. The highest BCUT2D eigenvalue weighted by Gasteiger charge is 2.03. The van der Waals surface area contributed by atoms with E-state index in [0.717, 1.165) is 37.1 Å². The van der Waals surface area contributed by atoms with Gasteiger partial charge >= 0.3 is 0 Å². The number of amides is 2. The average molecular weight is 310 g/mol. The first-order valence-corrected chi connectivity index (χ1v) is 8.13. The smallest absolute Gasteiger partial charge is 0.240 e. The van der Waals surface area contributed by atoms with Crippen molar-refractivity contribution in [3.63, 3.8) is 0 Å². The van der Waals surface area contributed by atoms with E-state index < -0.39 is 0 Å². The van der Waals surface area contributed by atoms with Crippen LogP contribution in [0.4, 0.5) is 0 Å². The van der Waals surface area contributed by atoms with Crippen LogP contribution in [0.2, 0.25) is 0 Å². The molecule has 0 spiro atoms. The lowest BCUT2D eigenvalue weighted by molar-refractivity contribution is -0.123. The molecule has 0 bridgehead atoms. The largest absolute Gasteiger partial charge is 0.273 e. The molecule has 22 heavy (non-hydrogen) atoms. The van der Waals surface area contributed by atoms with Crippen molar-refractivity contribution in [3.05, 3.63) is 0 Å². The fourth-order valence-electron chi connectivity index (χ4n) is 1.83. The van der Waals surface area contributed by atoms with Gasteiger partial charge in [-0.3, -0.25) is 9.59 Å². The summed E-state index contributed by atoms with van der Waals surface area (Å²) >= 11 is 0. The monoisotopic (exact) mass is 310 g/mol. The molecule has 126 valence electrons. The van der Waals surface area contributed by atoms with Crippen LogP contribution in [-0.4, -0.2) is 23.2 Å². The molecule has 0 radical (unpaired) electrons. The normalized spacial score (nSPS) is 12.2. The summed E-state index contributed by atoms with van der Waals surface area (Å²) in [6.07, 6.45) is 5.90. The van der Waals surface area contributed by atoms with E-state index in [4.69, 9.17) is 0 Å². The highest BCUT2D eigenvalue weighted by atomic mass is 16.2. The Kier molecular flexibility index (Phi) is 12.0. The average Bonchev–Trinajstić information content (AvgIpc) is 2.48. The summed E-state index contributed by atoms with van der Waals surface area (Å²) in [6, 6.07) is 0. The maximum atomic E-state index is 11.5.